The van der Waals surface area contributed by atoms with Crippen LogP contribution in [0.25, 0.3) is 10.1 Å². The smallest absolute Gasteiger partial charge is 0.419 e. The third-order valence-corrected chi connectivity index (χ3v) is 9.20. The van der Waals surface area contributed by atoms with Crippen molar-refractivity contribution in [3.05, 3.63) is 82.0 Å². The first-order valence-electron chi connectivity index (χ1n) is 14.3. The largest absolute Gasteiger partial charge is 0.495 e. The molecule has 3 aromatic carbocycles. The second kappa shape index (κ2) is 11.8. The first kappa shape index (κ1) is 31.6. The second-order valence-electron chi connectivity index (χ2n) is 11.2. The Kier molecular flexibility index (Phi) is 8.11. The van der Waals surface area contributed by atoms with Gasteiger partial charge in [0.1, 0.15) is 22.0 Å². The normalized spacial score (nSPS) is 16.3. The van der Waals surface area contributed by atoms with Gasteiger partial charge < -0.3 is 20.1 Å². The molecule has 2 heterocycles. The van der Waals surface area contributed by atoms with E-state index in [1.54, 1.807) is 18.2 Å². The summed E-state index contributed by atoms with van der Waals surface area (Å²) in [5.74, 6) is -1.67. The predicted molar refractivity (Wildman–Crippen MR) is 161 cm³/mol. The van der Waals surface area contributed by atoms with Gasteiger partial charge in [0.2, 0.25) is 5.90 Å². The number of carbonyl (C=O) groups is 1. The minimum atomic E-state index is -5.02. The van der Waals surface area contributed by atoms with Crippen LogP contribution in [0.3, 0.4) is 0 Å². The fourth-order valence-electron chi connectivity index (χ4n) is 5.73. The molecule has 242 valence electrons. The van der Waals surface area contributed by atoms with Gasteiger partial charge in [-0.15, -0.1) is 11.3 Å². The number of benzene rings is 3. The summed E-state index contributed by atoms with van der Waals surface area (Å²) in [6.45, 7) is 0.525. The number of rotatable bonds is 6. The van der Waals surface area contributed by atoms with E-state index in [-0.39, 0.29) is 31.9 Å². The van der Waals surface area contributed by atoms with Gasteiger partial charge in [0.25, 0.3) is 5.91 Å². The quantitative estimate of drug-likeness (QED) is 0.201. The molecule has 0 unspecified atom stereocenters. The Bertz CT molecular complexity index is 1840. The van der Waals surface area contributed by atoms with Gasteiger partial charge in [-0.25, -0.2) is 9.38 Å². The lowest BCUT2D eigenvalue weighted by molar-refractivity contribution is -0.140. The van der Waals surface area contributed by atoms with E-state index < -0.39 is 35.2 Å². The number of nitrogens with zero attached hydrogens (tertiary/aromatic N) is 1. The van der Waals surface area contributed by atoms with E-state index in [2.05, 4.69) is 15.6 Å². The molecular formula is C32H26F7N3O3S. The summed E-state index contributed by atoms with van der Waals surface area (Å²) < 4.78 is 106. The summed E-state index contributed by atoms with van der Waals surface area (Å²) in [7, 11) is 1.42. The number of nitrogens with one attached hydrogen (secondary N) is 2. The number of hydrogen-bond acceptors (Lipinski definition) is 6. The van der Waals surface area contributed by atoms with Gasteiger partial charge in [0.05, 0.1) is 36.2 Å². The Hall–Kier alpha value is -4.33. The highest BCUT2D eigenvalue weighted by Crippen LogP contribution is 2.43. The molecule has 46 heavy (non-hydrogen) atoms. The van der Waals surface area contributed by atoms with E-state index in [0.29, 0.717) is 52.9 Å². The number of hydrogen-bond donors (Lipinski definition) is 2. The van der Waals surface area contributed by atoms with Crippen LogP contribution in [0.2, 0.25) is 0 Å². The van der Waals surface area contributed by atoms with Crippen molar-refractivity contribution in [3.63, 3.8) is 0 Å². The molecule has 1 fully saturated rings. The van der Waals surface area contributed by atoms with E-state index in [4.69, 9.17) is 9.47 Å². The van der Waals surface area contributed by atoms with Crippen LogP contribution in [0.4, 0.5) is 47.8 Å². The summed E-state index contributed by atoms with van der Waals surface area (Å²) in [5.41, 5.74) is -2.18. The average molecular weight is 666 g/mol. The van der Waals surface area contributed by atoms with Gasteiger partial charge in [-0.3, -0.25) is 4.79 Å². The van der Waals surface area contributed by atoms with Crippen LogP contribution < -0.4 is 15.4 Å². The molecule has 1 spiro atoms. The number of aliphatic imine (C=N–C) groups is 1. The van der Waals surface area contributed by atoms with Gasteiger partial charge >= 0.3 is 12.4 Å². The van der Waals surface area contributed by atoms with Gasteiger partial charge in [-0.1, -0.05) is 12.5 Å². The highest BCUT2D eigenvalue weighted by atomic mass is 32.1. The monoisotopic (exact) mass is 665 g/mol. The molecule has 6 nitrogen and oxygen atoms in total. The van der Waals surface area contributed by atoms with Crippen molar-refractivity contribution >= 4 is 50.3 Å². The number of alkyl halides is 6. The minimum Gasteiger partial charge on any atom is -0.495 e. The van der Waals surface area contributed by atoms with Crippen LogP contribution in [-0.4, -0.2) is 31.1 Å². The Morgan fingerprint density at radius 2 is 1.72 bits per heavy atom. The molecule has 6 rings (SSSR count). The Morgan fingerprint density at radius 3 is 2.41 bits per heavy atom. The van der Waals surface area contributed by atoms with Gasteiger partial charge in [-0.2, -0.15) is 26.3 Å². The molecule has 1 saturated carbocycles. The van der Waals surface area contributed by atoms with E-state index in [1.807, 2.05) is 0 Å². The summed E-state index contributed by atoms with van der Waals surface area (Å²) in [4.78, 5) is 18.0. The van der Waals surface area contributed by atoms with E-state index in [1.165, 1.54) is 13.2 Å². The van der Waals surface area contributed by atoms with Crippen molar-refractivity contribution in [2.45, 2.75) is 50.1 Å². The highest BCUT2D eigenvalue weighted by Gasteiger charge is 2.40. The van der Waals surface area contributed by atoms with Gasteiger partial charge in [0, 0.05) is 21.3 Å². The van der Waals surface area contributed by atoms with Crippen molar-refractivity contribution < 1.29 is 45.0 Å². The average Bonchev–Trinajstić information content (AvgIpc) is 3.58. The van der Waals surface area contributed by atoms with Crippen molar-refractivity contribution in [1.29, 1.82) is 0 Å². The molecule has 0 bridgehead atoms. The molecular weight excluding hydrogens is 639 g/mol. The lowest BCUT2D eigenvalue weighted by Crippen LogP contribution is -2.35. The minimum absolute atomic E-state index is 0.0930. The number of fused-ring (bicyclic) bond motifs is 1. The number of ether oxygens (including phenoxy) is 2. The van der Waals surface area contributed by atoms with Gasteiger partial charge in [-0.05, 0) is 74.2 Å². The third kappa shape index (κ3) is 6.22. The summed E-state index contributed by atoms with van der Waals surface area (Å²) in [5, 5.41) is 5.68. The molecule has 0 radical (unpaired) electrons. The maximum atomic E-state index is 13.9. The summed E-state index contributed by atoms with van der Waals surface area (Å²) in [6, 6.07) is 10.0. The molecule has 4 aromatic rings. The van der Waals surface area contributed by atoms with Crippen molar-refractivity contribution in [1.82, 2.24) is 0 Å². The van der Waals surface area contributed by atoms with Crippen LogP contribution in [0, 0.1) is 5.82 Å². The van der Waals surface area contributed by atoms with Crippen molar-refractivity contribution in [2.24, 2.45) is 4.99 Å². The number of amides is 1. The van der Waals surface area contributed by atoms with E-state index in [0.717, 1.165) is 50.3 Å². The standard InChI is InChI=1S/C32H26F7N3O3S/c1-44-24-10-5-17(29-40-16-30(45-29)11-3-2-4-12-30)13-23(24)42-26-20-8-6-18(31(34,35)36)14-25(20)46-27(26)28(43)41-19-7-9-22(33)21(15-19)32(37,38)39/h5-10,13-15,42H,2-4,11-12,16H2,1H3,(H,41,43). The Labute approximate surface area is 262 Å². The Balaban J connectivity index is 1.39. The highest BCUT2D eigenvalue weighted by molar-refractivity contribution is 7.21. The first-order valence-corrected chi connectivity index (χ1v) is 15.1. The summed E-state index contributed by atoms with van der Waals surface area (Å²) in [6.07, 6.45) is -4.69. The topological polar surface area (TPSA) is 72.0 Å². The number of anilines is 3. The Morgan fingerprint density at radius 1 is 0.957 bits per heavy atom. The maximum Gasteiger partial charge on any atom is 0.419 e. The van der Waals surface area contributed by atoms with Crippen LogP contribution in [0.15, 0.2) is 59.6 Å². The molecule has 14 heteroatoms. The zero-order chi connectivity index (χ0) is 32.9. The number of halogens is 7. The third-order valence-electron chi connectivity index (χ3n) is 8.05. The molecule has 1 aliphatic carbocycles. The van der Waals surface area contributed by atoms with Crippen LogP contribution in [0.1, 0.15) is 58.5 Å². The molecule has 2 aliphatic rings. The zero-order valence-corrected chi connectivity index (χ0v) is 25.0. The molecule has 1 amide bonds. The number of methoxy groups -OCH3 is 1. The lowest BCUT2D eigenvalue weighted by atomic mass is 9.85. The predicted octanol–water partition coefficient (Wildman–Crippen LogP) is 9.56. The molecule has 1 aliphatic heterocycles. The zero-order valence-electron chi connectivity index (χ0n) is 24.2. The SMILES string of the molecule is COc1ccc(C2=NCC3(CCCCC3)O2)cc1Nc1c(C(=O)Nc2ccc(F)c(C(F)(F)F)c2)sc2cc(C(F)(F)F)ccc12. The van der Waals surface area contributed by atoms with Crippen LogP contribution in [0.5, 0.6) is 5.75 Å². The first-order chi connectivity index (χ1) is 21.8. The lowest BCUT2D eigenvalue weighted by Gasteiger charge is -2.32. The molecule has 0 atom stereocenters. The van der Waals surface area contributed by atoms with Gasteiger partial charge in [0.15, 0.2) is 0 Å². The van der Waals surface area contributed by atoms with Crippen LogP contribution in [-0.2, 0) is 17.1 Å². The van der Waals surface area contributed by atoms with Crippen LogP contribution >= 0.6 is 11.3 Å². The summed E-state index contributed by atoms with van der Waals surface area (Å²) >= 11 is 0.711. The molecule has 0 saturated heterocycles. The fourth-order valence-corrected chi connectivity index (χ4v) is 6.82. The van der Waals surface area contributed by atoms with Crippen molar-refractivity contribution in [2.75, 3.05) is 24.3 Å². The fraction of sp³-hybridized carbons (Fsp3) is 0.312. The van der Waals surface area contributed by atoms with E-state index >= 15 is 0 Å². The maximum absolute atomic E-state index is 13.9. The number of thiophene rings is 1. The second-order valence-corrected chi connectivity index (χ2v) is 12.2. The molecule has 2 N–H and O–H groups in total. The van der Waals surface area contributed by atoms with Crippen molar-refractivity contribution in [3.8, 4) is 5.75 Å². The number of carbonyl (C=O) groups excluding carboxylic acids is 1. The van der Waals surface area contributed by atoms with E-state index in [9.17, 15) is 35.5 Å². The molecule has 1 aromatic heterocycles.